The first-order valence-electron chi connectivity index (χ1n) is 9.93. The van der Waals surface area contributed by atoms with E-state index >= 15 is 0 Å². The van der Waals surface area contributed by atoms with Gasteiger partial charge in [0.2, 0.25) is 0 Å². The predicted octanol–water partition coefficient (Wildman–Crippen LogP) is 6.36. The summed E-state index contributed by atoms with van der Waals surface area (Å²) >= 11 is -3.30. The zero-order valence-electron chi connectivity index (χ0n) is 17.4. The average molecular weight is 454 g/mol. The molecule has 0 fully saturated rings. The molecule has 1 nitrogen and oxygen atoms in total. The van der Waals surface area contributed by atoms with Gasteiger partial charge in [0.1, 0.15) is 0 Å². The Morgan fingerprint density at radius 1 is 0.963 bits per heavy atom. The Morgan fingerprint density at radius 3 is 2.26 bits per heavy atom. The van der Waals surface area contributed by atoms with Crippen LogP contribution in [0.3, 0.4) is 0 Å². The summed E-state index contributed by atoms with van der Waals surface area (Å²) in [6.07, 6.45) is 4.32. The van der Waals surface area contributed by atoms with Gasteiger partial charge in [-0.05, 0) is 0 Å². The van der Waals surface area contributed by atoms with Crippen molar-refractivity contribution in [1.82, 2.24) is 0 Å². The number of benzene rings is 1. The molecule has 0 bridgehead atoms. The van der Waals surface area contributed by atoms with Crippen LogP contribution in [0.5, 0.6) is 0 Å². The molecule has 2 unspecified atom stereocenters. The van der Waals surface area contributed by atoms with Gasteiger partial charge in [0.05, 0.1) is 0 Å². The Hall–Kier alpha value is -1.18. The van der Waals surface area contributed by atoms with Gasteiger partial charge in [-0.15, -0.1) is 0 Å². The van der Waals surface area contributed by atoms with Crippen molar-refractivity contribution < 1.29 is 21.8 Å². The number of hydrogen-bond donors (Lipinski definition) is 0. The molecule has 140 valence electrons. The van der Waals surface area contributed by atoms with Crippen LogP contribution in [0.4, 0.5) is 0 Å². The summed E-state index contributed by atoms with van der Waals surface area (Å²) < 4.78 is 13.4. The molecule has 1 aromatic carbocycles. The van der Waals surface area contributed by atoms with E-state index in [2.05, 4.69) is 80.2 Å². The Labute approximate surface area is 165 Å². The second-order valence-electron chi connectivity index (χ2n) is 9.50. The Bertz CT molecular complexity index is 1090. The van der Waals surface area contributed by atoms with Crippen molar-refractivity contribution in [2.75, 3.05) is 0 Å². The molecule has 2 aromatic rings. The fourth-order valence-electron chi connectivity index (χ4n) is 5.63. The Kier molecular flexibility index (Phi) is 4.37. The van der Waals surface area contributed by atoms with Gasteiger partial charge in [-0.25, -0.2) is 0 Å². The van der Waals surface area contributed by atoms with Gasteiger partial charge in [0.15, 0.2) is 0 Å². The van der Waals surface area contributed by atoms with Crippen molar-refractivity contribution >= 4 is 12.5 Å². The topological polar surface area (TPSA) is 13.1 Å². The van der Waals surface area contributed by atoms with Crippen LogP contribution in [0.1, 0.15) is 48.2 Å². The quantitative estimate of drug-likeness (QED) is 0.493. The Morgan fingerprint density at radius 2 is 1.67 bits per heavy atom. The zero-order valence-corrected chi connectivity index (χ0v) is 21.3. The van der Waals surface area contributed by atoms with Crippen LogP contribution >= 0.6 is 0 Å². The van der Waals surface area contributed by atoms with Crippen molar-refractivity contribution in [2.24, 2.45) is 5.92 Å². The molecule has 0 spiro atoms. The first-order chi connectivity index (χ1) is 12.6. The van der Waals surface area contributed by atoms with Gasteiger partial charge < -0.3 is 0 Å². The average Bonchev–Trinajstić information content (AvgIpc) is 3.30. The van der Waals surface area contributed by atoms with E-state index in [9.17, 15) is 0 Å². The third kappa shape index (κ3) is 2.73. The summed E-state index contributed by atoms with van der Waals surface area (Å²) in [4.78, 5) is 0. The van der Waals surface area contributed by atoms with Gasteiger partial charge in [-0.3, -0.25) is 0 Å². The van der Waals surface area contributed by atoms with Gasteiger partial charge in [-0.1, -0.05) is 0 Å². The van der Waals surface area contributed by atoms with E-state index in [-0.39, 0.29) is 0 Å². The van der Waals surface area contributed by atoms with Crippen LogP contribution in [0.25, 0.3) is 5.57 Å². The van der Waals surface area contributed by atoms with E-state index in [4.69, 9.17) is 4.42 Å². The minimum absolute atomic E-state index is 0.521. The molecule has 1 heterocycles. The summed E-state index contributed by atoms with van der Waals surface area (Å²) in [5.74, 6) is 1.57. The molecular formula is C24H30OSiZr. The molecule has 4 rings (SSSR count). The van der Waals surface area contributed by atoms with E-state index in [1.165, 1.54) is 22.3 Å². The Balaban J connectivity index is 1.94. The number of allylic oxidation sites excluding steroid dienone is 5. The van der Waals surface area contributed by atoms with Crippen LogP contribution in [0.15, 0.2) is 73.2 Å². The van der Waals surface area contributed by atoms with Gasteiger partial charge >= 0.3 is 166 Å². The van der Waals surface area contributed by atoms with Gasteiger partial charge in [0.25, 0.3) is 0 Å². The minimum atomic E-state index is -3.30. The second kappa shape index (κ2) is 6.16. The monoisotopic (exact) mass is 452 g/mol. The van der Waals surface area contributed by atoms with Crippen molar-refractivity contribution in [3.05, 3.63) is 85.6 Å². The molecule has 0 radical (unpaired) electrons. The summed E-state index contributed by atoms with van der Waals surface area (Å²) in [6.45, 7) is 11.8. The number of fused-ring (bicyclic) bond motifs is 1. The summed E-state index contributed by atoms with van der Waals surface area (Å²) in [5, 5.41) is 0. The van der Waals surface area contributed by atoms with Crippen molar-refractivity contribution in [3.63, 3.8) is 0 Å². The molecule has 1 aromatic heterocycles. The summed E-state index contributed by atoms with van der Waals surface area (Å²) in [5.41, 5.74) is 8.81. The summed E-state index contributed by atoms with van der Waals surface area (Å²) in [7, 11) is 0. The fraction of sp³-hybridized carbons (Fsp3) is 0.333. The molecule has 0 aliphatic heterocycles. The van der Waals surface area contributed by atoms with Crippen LogP contribution < -0.4 is 0 Å². The molecular weight excluding hydrogens is 424 g/mol. The van der Waals surface area contributed by atoms with Gasteiger partial charge in [0, 0.05) is 0 Å². The molecule has 3 heteroatoms. The first kappa shape index (κ1) is 19.2. The van der Waals surface area contributed by atoms with E-state index in [1.54, 1.807) is 20.7 Å². The number of rotatable bonds is 3. The fourth-order valence-corrected chi connectivity index (χ4v) is 24.1. The third-order valence-electron chi connectivity index (χ3n) is 7.23. The van der Waals surface area contributed by atoms with Crippen molar-refractivity contribution in [1.29, 1.82) is 0 Å². The third-order valence-corrected chi connectivity index (χ3v) is 24.5. The van der Waals surface area contributed by atoms with Crippen LogP contribution in [0.2, 0.25) is 9.26 Å². The number of hydrogen-bond acceptors (Lipinski definition) is 1. The van der Waals surface area contributed by atoms with Crippen molar-refractivity contribution in [3.8, 4) is 0 Å². The van der Waals surface area contributed by atoms with Crippen LogP contribution in [-0.2, 0) is 17.4 Å². The molecule has 0 amide bonds. The normalized spacial score (nSPS) is 23.1. The van der Waals surface area contributed by atoms with Gasteiger partial charge in [-0.2, -0.15) is 0 Å². The maximum absolute atomic E-state index is 5.81. The van der Waals surface area contributed by atoms with Crippen molar-refractivity contribution in [2.45, 2.75) is 40.6 Å². The number of furan rings is 1. The molecule has 2 aliphatic rings. The van der Waals surface area contributed by atoms with Crippen LogP contribution in [-0.4, -0.2) is 6.88 Å². The van der Waals surface area contributed by atoms with E-state index in [1.807, 2.05) is 6.07 Å². The standard InChI is InChI=1S/C13H9O.C9H13.2CH3.H2Si.Zr/c1-2-5-11-10(4-1)7-8-12(11)13-6-3-9-14-13;1-6-5-7(2)9(4)8(6)3;;;;/h1-9H;6H,1-4H3;2*1H3;1H2;. The van der Waals surface area contributed by atoms with Crippen LogP contribution in [0, 0.1) is 5.92 Å². The maximum atomic E-state index is 5.81. The summed E-state index contributed by atoms with van der Waals surface area (Å²) in [6, 6.07) is 13.1. The van der Waals surface area contributed by atoms with E-state index < -0.39 is 17.4 Å². The SMILES string of the molecule is CC1=C(C)C(C)[C]([Zr]([CH3])([CH3])(=[SiH2])[CH]2C=C(c3ccco3)c3ccccc32)=C1C. The second-order valence-corrected chi connectivity index (χ2v) is 39.0. The van der Waals surface area contributed by atoms with E-state index in [0.717, 1.165) is 5.76 Å². The first-order valence-corrected chi connectivity index (χ1v) is 23.4. The molecule has 0 N–H and O–H groups in total. The molecule has 2 atom stereocenters. The predicted molar refractivity (Wildman–Crippen MR) is 115 cm³/mol. The molecule has 0 saturated carbocycles. The molecule has 27 heavy (non-hydrogen) atoms. The zero-order chi connectivity index (χ0) is 19.6. The molecule has 2 aliphatic carbocycles. The molecule has 0 saturated heterocycles. The van der Waals surface area contributed by atoms with E-state index in [0.29, 0.717) is 9.54 Å².